The lowest BCUT2D eigenvalue weighted by atomic mass is 10.0. The minimum absolute atomic E-state index is 0.0957. The van der Waals surface area contributed by atoms with Gasteiger partial charge in [0.15, 0.2) is 0 Å². The molecule has 0 fully saturated rings. The molecule has 0 aromatic heterocycles. The Morgan fingerprint density at radius 2 is 1.73 bits per heavy atom. The van der Waals surface area contributed by atoms with E-state index in [2.05, 4.69) is 4.74 Å². The SMILES string of the molecule is COC(CC(F)(F)F)C(C)C. The summed E-state index contributed by atoms with van der Waals surface area (Å²) in [5, 5.41) is 0. The highest BCUT2D eigenvalue weighted by Gasteiger charge is 2.33. The molecule has 0 aliphatic carbocycles. The van der Waals surface area contributed by atoms with E-state index in [1.165, 1.54) is 7.11 Å². The van der Waals surface area contributed by atoms with Gasteiger partial charge >= 0.3 is 6.18 Å². The lowest BCUT2D eigenvalue weighted by molar-refractivity contribution is -0.162. The smallest absolute Gasteiger partial charge is 0.381 e. The Hall–Kier alpha value is -0.250. The molecular formula is C7H13F3O. The van der Waals surface area contributed by atoms with Crippen LogP contribution in [0, 0.1) is 5.92 Å². The molecule has 68 valence electrons. The lowest BCUT2D eigenvalue weighted by Crippen LogP contribution is -2.25. The first-order chi connectivity index (χ1) is 4.87. The summed E-state index contributed by atoms with van der Waals surface area (Å²) in [5.74, 6) is -0.0957. The minimum Gasteiger partial charge on any atom is -0.381 e. The standard InChI is InChI=1S/C7H13F3O/c1-5(2)6(11-3)4-7(8,9)10/h5-6H,4H2,1-3H3. The van der Waals surface area contributed by atoms with Crippen LogP contribution in [0.3, 0.4) is 0 Å². The predicted octanol–water partition coefficient (Wildman–Crippen LogP) is 2.61. The lowest BCUT2D eigenvalue weighted by Gasteiger charge is -2.20. The van der Waals surface area contributed by atoms with Gasteiger partial charge in [0, 0.05) is 7.11 Å². The van der Waals surface area contributed by atoms with Crippen molar-refractivity contribution in [3.63, 3.8) is 0 Å². The van der Waals surface area contributed by atoms with Gasteiger partial charge < -0.3 is 4.74 Å². The molecule has 1 atom stereocenters. The summed E-state index contributed by atoms with van der Waals surface area (Å²) in [5.41, 5.74) is 0. The number of hydrogen-bond acceptors (Lipinski definition) is 1. The molecule has 0 heterocycles. The van der Waals surface area contributed by atoms with E-state index in [4.69, 9.17) is 0 Å². The molecule has 0 rings (SSSR count). The molecule has 1 unspecified atom stereocenters. The summed E-state index contributed by atoms with van der Waals surface area (Å²) in [6, 6.07) is 0. The van der Waals surface area contributed by atoms with Crippen molar-refractivity contribution < 1.29 is 17.9 Å². The van der Waals surface area contributed by atoms with Crippen LogP contribution in [-0.4, -0.2) is 19.4 Å². The molecule has 0 spiro atoms. The molecule has 0 aromatic rings. The van der Waals surface area contributed by atoms with Crippen LogP contribution in [0.5, 0.6) is 0 Å². The molecule has 1 nitrogen and oxygen atoms in total. The van der Waals surface area contributed by atoms with Crippen molar-refractivity contribution in [2.24, 2.45) is 5.92 Å². The number of rotatable bonds is 3. The number of halogens is 3. The van der Waals surface area contributed by atoms with Gasteiger partial charge in [0.25, 0.3) is 0 Å². The zero-order chi connectivity index (χ0) is 9.07. The Morgan fingerprint density at radius 1 is 1.27 bits per heavy atom. The summed E-state index contributed by atoms with van der Waals surface area (Å²) in [6.07, 6.45) is -5.69. The van der Waals surface area contributed by atoms with Crippen LogP contribution in [-0.2, 0) is 4.74 Å². The first-order valence-electron chi connectivity index (χ1n) is 3.46. The highest BCUT2D eigenvalue weighted by Crippen LogP contribution is 2.25. The molecule has 0 amide bonds. The Balaban J connectivity index is 3.88. The van der Waals surface area contributed by atoms with Crippen molar-refractivity contribution in [1.82, 2.24) is 0 Å². The van der Waals surface area contributed by atoms with Crippen LogP contribution in [0.25, 0.3) is 0 Å². The van der Waals surface area contributed by atoms with E-state index in [9.17, 15) is 13.2 Å². The summed E-state index contributed by atoms with van der Waals surface area (Å²) >= 11 is 0. The summed E-state index contributed by atoms with van der Waals surface area (Å²) < 4.78 is 40.0. The third-order valence-electron chi connectivity index (χ3n) is 1.48. The van der Waals surface area contributed by atoms with Crippen molar-refractivity contribution in [2.75, 3.05) is 7.11 Å². The van der Waals surface area contributed by atoms with Gasteiger partial charge in [-0.05, 0) is 5.92 Å². The van der Waals surface area contributed by atoms with E-state index in [1.54, 1.807) is 13.8 Å². The van der Waals surface area contributed by atoms with Crippen molar-refractivity contribution in [3.8, 4) is 0 Å². The maximum Gasteiger partial charge on any atom is 0.391 e. The molecule has 0 bridgehead atoms. The second kappa shape index (κ2) is 3.95. The number of hydrogen-bond donors (Lipinski definition) is 0. The first kappa shape index (κ1) is 10.8. The maximum atomic E-state index is 11.8. The van der Waals surface area contributed by atoms with Crippen LogP contribution in [0.1, 0.15) is 20.3 Å². The van der Waals surface area contributed by atoms with Crippen molar-refractivity contribution in [2.45, 2.75) is 32.5 Å². The fourth-order valence-electron chi connectivity index (χ4n) is 0.819. The molecule has 0 aliphatic heterocycles. The van der Waals surface area contributed by atoms with E-state index in [1.807, 2.05) is 0 Å². The van der Waals surface area contributed by atoms with E-state index >= 15 is 0 Å². The zero-order valence-corrected chi connectivity index (χ0v) is 6.90. The fourth-order valence-corrected chi connectivity index (χ4v) is 0.819. The summed E-state index contributed by atoms with van der Waals surface area (Å²) in [4.78, 5) is 0. The average molecular weight is 170 g/mol. The third-order valence-corrected chi connectivity index (χ3v) is 1.48. The Morgan fingerprint density at radius 3 is 1.82 bits per heavy atom. The second-order valence-electron chi connectivity index (χ2n) is 2.84. The second-order valence-corrected chi connectivity index (χ2v) is 2.84. The number of ether oxygens (including phenoxy) is 1. The molecule has 0 N–H and O–H groups in total. The van der Waals surface area contributed by atoms with Gasteiger partial charge in [-0.25, -0.2) is 0 Å². The maximum absolute atomic E-state index is 11.8. The Kier molecular flexibility index (Phi) is 3.86. The van der Waals surface area contributed by atoms with E-state index in [-0.39, 0.29) is 5.92 Å². The van der Waals surface area contributed by atoms with Crippen LogP contribution in [0.15, 0.2) is 0 Å². The fraction of sp³-hybridized carbons (Fsp3) is 1.00. The largest absolute Gasteiger partial charge is 0.391 e. The van der Waals surface area contributed by atoms with Crippen LogP contribution >= 0.6 is 0 Å². The first-order valence-corrected chi connectivity index (χ1v) is 3.46. The van der Waals surface area contributed by atoms with E-state index in [0.29, 0.717) is 0 Å². The predicted molar refractivity (Wildman–Crippen MR) is 36.3 cm³/mol. The zero-order valence-electron chi connectivity index (χ0n) is 6.90. The molecule has 0 aromatic carbocycles. The monoisotopic (exact) mass is 170 g/mol. The molecule has 4 heteroatoms. The van der Waals surface area contributed by atoms with E-state index < -0.39 is 18.7 Å². The normalized spacial score (nSPS) is 15.5. The topological polar surface area (TPSA) is 9.23 Å². The summed E-state index contributed by atoms with van der Waals surface area (Å²) in [7, 11) is 1.30. The van der Waals surface area contributed by atoms with Crippen LogP contribution in [0.2, 0.25) is 0 Å². The molecule has 0 radical (unpaired) electrons. The quantitative estimate of drug-likeness (QED) is 0.632. The molecule has 11 heavy (non-hydrogen) atoms. The number of methoxy groups -OCH3 is 1. The van der Waals surface area contributed by atoms with Gasteiger partial charge in [0.05, 0.1) is 12.5 Å². The molecule has 0 saturated heterocycles. The van der Waals surface area contributed by atoms with E-state index in [0.717, 1.165) is 0 Å². The van der Waals surface area contributed by atoms with Crippen molar-refractivity contribution in [1.29, 1.82) is 0 Å². The molecule has 0 aliphatic rings. The third kappa shape index (κ3) is 5.07. The van der Waals surface area contributed by atoms with Crippen LogP contribution in [0.4, 0.5) is 13.2 Å². The number of alkyl halides is 3. The Bertz CT molecular complexity index is 109. The highest BCUT2D eigenvalue weighted by atomic mass is 19.4. The van der Waals surface area contributed by atoms with Crippen molar-refractivity contribution in [3.05, 3.63) is 0 Å². The van der Waals surface area contributed by atoms with Crippen LogP contribution < -0.4 is 0 Å². The van der Waals surface area contributed by atoms with Gasteiger partial charge in [-0.3, -0.25) is 0 Å². The van der Waals surface area contributed by atoms with Gasteiger partial charge in [-0.1, -0.05) is 13.8 Å². The Labute approximate surface area is 64.5 Å². The van der Waals surface area contributed by atoms with Gasteiger partial charge in [0.2, 0.25) is 0 Å². The summed E-state index contributed by atoms with van der Waals surface area (Å²) in [6.45, 7) is 3.42. The highest BCUT2D eigenvalue weighted by molar-refractivity contribution is 4.66. The van der Waals surface area contributed by atoms with Gasteiger partial charge in [-0.15, -0.1) is 0 Å². The molecule has 0 saturated carbocycles. The van der Waals surface area contributed by atoms with Crippen molar-refractivity contribution >= 4 is 0 Å². The van der Waals surface area contributed by atoms with Gasteiger partial charge in [-0.2, -0.15) is 13.2 Å². The minimum atomic E-state index is -4.12. The molecular weight excluding hydrogens is 157 g/mol. The van der Waals surface area contributed by atoms with Gasteiger partial charge in [0.1, 0.15) is 0 Å². The average Bonchev–Trinajstić information content (AvgIpc) is 1.80.